The number of carbonyl (C=O) groups is 1. The fourth-order valence-corrected chi connectivity index (χ4v) is 2.94. The van der Waals surface area contributed by atoms with Crippen LogP contribution < -0.4 is 0 Å². The van der Waals surface area contributed by atoms with Gasteiger partial charge in [-0.3, -0.25) is 4.79 Å². The van der Waals surface area contributed by atoms with Gasteiger partial charge in [0.05, 0.1) is 12.0 Å². The van der Waals surface area contributed by atoms with Crippen molar-refractivity contribution in [3.63, 3.8) is 0 Å². The third kappa shape index (κ3) is 4.88. The van der Waals surface area contributed by atoms with Gasteiger partial charge in [-0.25, -0.2) is 9.37 Å². The monoisotopic (exact) mass is 372 g/mol. The number of rotatable bonds is 4. The van der Waals surface area contributed by atoms with Gasteiger partial charge in [0, 0.05) is 12.3 Å². The van der Waals surface area contributed by atoms with Crippen LogP contribution in [0.15, 0.2) is 24.4 Å². The molecular formula is C21H22F2N2O2. The first-order valence-electron chi connectivity index (χ1n) is 8.62. The van der Waals surface area contributed by atoms with E-state index in [1.165, 1.54) is 18.3 Å². The highest BCUT2D eigenvalue weighted by Crippen LogP contribution is 2.35. The minimum atomic E-state index is -0.704. The van der Waals surface area contributed by atoms with Gasteiger partial charge in [0.2, 0.25) is 5.95 Å². The second-order valence-corrected chi connectivity index (χ2v) is 7.57. The number of pyridine rings is 1. The van der Waals surface area contributed by atoms with Crippen LogP contribution in [0, 0.1) is 23.1 Å². The zero-order valence-corrected chi connectivity index (χ0v) is 16.1. The molecule has 0 spiro atoms. The van der Waals surface area contributed by atoms with Crippen molar-refractivity contribution in [2.75, 3.05) is 0 Å². The Balaban J connectivity index is 2.72. The maximum atomic E-state index is 14.9. The van der Waals surface area contributed by atoms with Gasteiger partial charge in [-0.15, -0.1) is 0 Å². The number of halogens is 2. The molecule has 1 aromatic carbocycles. The third-order valence-electron chi connectivity index (χ3n) is 3.89. The standard InChI is InChI=1S/C21H22F2N2O2/c1-12(2)19-16(10-18(26)27-21(3,4)5)15(8-14(11-24)20(19)23)13-6-7-25-17(22)9-13/h6-9,12H,10H2,1-5H3. The second kappa shape index (κ2) is 7.83. The molecule has 142 valence electrons. The SMILES string of the molecule is CC(C)c1c(F)c(C#N)cc(-c2ccnc(F)c2)c1CC(=O)OC(C)(C)C. The molecule has 0 aliphatic heterocycles. The highest BCUT2D eigenvalue weighted by atomic mass is 19.1. The second-order valence-electron chi connectivity index (χ2n) is 7.57. The Morgan fingerprint density at radius 3 is 2.48 bits per heavy atom. The van der Waals surface area contributed by atoms with E-state index in [-0.39, 0.29) is 23.5 Å². The summed E-state index contributed by atoms with van der Waals surface area (Å²) in [6.07, 6.45) is 1.10. The smallest absolute Gasteiger partial charge is 0.310 e. The Bertz CT molecular complexity index is 910. The number of hydrogen-bond donors (Lipinski definition) is 0. The van der Waals surface area contributed by atoms with Crippen molar-refractivity contribution in [3.8, 4) is 17.2 Å². The molecule has 0 saturated heterocycles. The number of esters is 1. The lowest BCUT2D eigenvalue weighted by atomic mass is 9.86. The predicted molar refractivity (Wildman–Crippen MR) is 97.9 cm³/mol. The van der Waals surface area contributed by atoms with Gasteiger partial charge in [-0.05, 0) is 61.1 Å². The number of carbonyl (C=O) groups excluding carboxylic acids is 1. The van der Waals surface area contributed by atoms with E-state index in [1.807, 2.05) is 6.07 Å². The summed E-state index contributed by atoms with van der Waals surface area (Å²) in [6.45, 7) is 8.77. The lowest BCUT2D eigenvalue weighted by molar-refractivity contribution is -0.153. The third-order valence-corrected chi connectivity index (χ3v) is 3.89. The average molecular weight is 372 g/mol. The predicted octanol–water partition coefficient (Wildman–Crippen LogP) is 4.91. The Morgan fingerprint density at radius 1 is 1.30 bits per heavy atom. The number of nitrogens with zero attached hydrogens (tertiary/aromatic N) is 2. The number of hydrogen-bond acceptors (Lipinski definition) is 4. The van der Waals surface area contributed by atoms with E-state index in [2.05, 4.69) is 4.98 Å². The average Bonchev–Trinajstić information content (AvgIpc) is 2.53. The van der Waals surface area contributed by atoms with Crippen molar-refractivity contribution in [1.82, 2.24) is 4.98 Å². The summed E-state index contributed by atoms with van der Waals surface area (Å²) in [5.74, 6) is -2.18. The highest BCUT2D eigenvalue weighted by molar-refractivity contribution is 5.80. The summed E-state index contributed by atoms with van der Waals surface area (Å²) in [7, 11) is 0. The van der Waals surface area contributed by atoms with E-state index in [4.69, 9.17) is 4.74 Å². The van der Waals surface area contributed by atoms with Crippen molar-refractivity contribution in [2.45, 2.75) is 52.6 Å². The van der Waals surface area contributed by atoms with Crippen LogP contribution in [0.3, 0.4) is 0 Å². The topological polar surface area (TPSA) is 63.0 Å². The van der Waals surface area contributed by atoms with Crippen LogP contribution >= 0.6 is 0 Å². The normalized spacial score (nSPS) is 11.4. The van der Waals surface area contributed by atoms with Gasteiger partial charge in [-0.2, -0.15) is 9.65 Å². The van der Waals surface area contributed by atoms with Crippen molar-refractivity contribution in [2.24, 2.45) is 0 Å². The molecule has 0 atom stereocenters. The van der Waals surface area contributed by atoms with E-state index in [0.717, 1.165) is 0 Å². The summed E-state index contributed by atoms with van der Waals surface area (Å²) >= 11 is 0. The lowest BCUT2D eigenvalue weighted by Gasteiger charge is -2.22. The molecule has 1 aromatic heterocycles. The highest BCUT2D eigenvalue weighted by Gasteiger charge is 2.25. The zero-order chi connectivity index (χ0) is 20.4. The molecule has 27 heavy (non-hydrogen) atoms. The van der Waals surface area contributed by atoms with E-state index in [1.54, 1.807) is 40.7 Å². The molecular weight excluding hydrogens is 350 g/mol. The molecule has 2 rings (SSSR count). The first-order valence-corrected chi connectivity index (χ1v) is 8.62. The molecule has 0 bridgehead atoms. The van der Waals surface area contributed by atoms with Gasteiger partial charge in [-0.1, -0.05) is 13.8 Å². The molecule has 4 nitrogen and oxygen atoms in total. The van der Waals surface area contributed by atoms with Crippen LogP contribution in [0.5, 0.6) is 0 Å². The van der Waals surface area contributed by atoms with Gasteiger partial charge < -0.3 is 4.74 Å². The van der Waals surface area contributed by atoms with Crippen LogP contribution in [0.1, 0.15) is 57.2 Å². The Morgan fingerprint density at radius 2 is 1.96 bits per heavy atom. The van der Waals surface area contributed by atoms with Crippen LogP contribution in [0.2, 0.25) is 0 Å². The Hall–Kier alpha value is -2.81. The molecule has 0 aliphatic carbocycles. The molecule has 0 fully saturated rings. The molecule has 0 N–H and O–H groups in total. The quantitative estimate of drug-likeness (QED) is 0.565. The van der Waals surface area contributed by atoms with Crippen LogP contribution in [0.4, 0.5) is 8.78 Å². The summed E-state index contributed by atoms with van der Waals surface area (Å²) in [6, 6.07) is 5.92. The number of nitriles is 1. The minimum Gasteiger partial charge on any atom is -0.460 e. The maximum Gasteiger partial charge on any atom is 0.310 e. The molecule has 0 radical (unpaired) electrons. The number of benzene rings is 1. The van der Waals surface area contributed by atoms with Crippen LogP contribution in [-0.4, -0.2) is 16.6 Å². The summed E-state index contributed by atoms with van der Waals surface area (Å²) in [4.78, 5) is 15.9. The van der Waals surface area contributed by atoms with Gasteiger partial charge in [0.15, 0.2) is 0 Å². The van der Waals surface area contributed by atoms with Crippen molar-refractivity contribution >= 4 is 5.97 Å². The molecule has 0 amide bonds. The molecule has 2 aromatic rings. The number of aromatic nitrogens is 1. The van der Waals surface area contributed by atoms with Crippen LogP contribution in [0.25, 0.3) is 11.1 Å². The minimum absolute atomic E-state index is 0.154. The van der Waals surface area contributed by atoms with Crippen molar-refractivity contribution < 1.29 is 18.3 Å². The summed E-state index contributed by atoms with van der Waals surface area (Å²) in [5.41, 5.74) is 0.638. The molecule has 0 aliphatic rings. The van der Waals surface area contributed by atoms with Crippen LogP contribution in [-0.2, 0) is 16.0 Å². The molecule has 0 unspecified atom stereocenters. The Labute approximate surface area is 157 Å². The number of ether oxygens (including phenoxy) is 1. The summed E-state index contributed by atoms with van der Waals surface area (Å²) < 4.78 is 33.9. The van der Waals surface area contributed by atoms with Crippen molar-refractivity contribution in [1.29, 1.82) is 5.26 Å². The molecule has 1 heterocycles. The lowest BCUT2D eigenvalue weighted by Crippen LogP contribution is -2.25. The van der Waals surface area contributed by atoms with Gasteiger partial charge >= 0.3 is 5.97 Å². The fourth-order valence-electron chi connectivity index (χ4n) is 2.94. The maximum absolute atomic E-state index is 14.9. The summed E-state index contributed by atoms with van der Waals surface area (Å²) in [5, 5.41) is 9.31. The van der Waals surface area contributed by atoms with E-state index in [0.29, 0.717) is 16.7 Å². The first kappa shape index (κ1) is 20.5. The molecule has 6 heteroatoms. The van der Waals surface area contributed by atoms with Crippen molar-refractivity contribution in [3.05, 3.63) is 52.9 Å². The van der Waals surface area contributed by atoms with Gasteiger partial charge in [0.25, 0.3) is 0 Å². The largest absolute Gasteiger partial charge is 0.460 e. The Kier molecular flexibility index (Phi) is 5.94. The molecule has 0 saturated carbocycles. The zero-order valence-electron chi connectivity index (χ0n) is 16.1. The fraction of sp³-hybridized carbons (Fsp3) is 0.381. The van der Waals surface area contributed by atoms with E-state index < -0.39 is 23.3 Å². The van der Waals surface area contributed by atoms with E-state index >= 15 is 0 Å². The van der Waals surface area contributed by atoms with Gasteiger partial charge in [0.1, 0.15) is 17.5 Å². The van der Waals surface area contributed by atoms with E-state index in [9.17, 15) is 18.8 Å². The first-order chi connectivity index (χ1) is 12.5.